The van der Waals surface area contributed by atoms with Crippen molar-refractivity contribution < 1.29 is 18.0 Å². The van der Waals surface area contributed by atoms with Crippen LogP contribution in [0.25, 0.3) is 0 Å². The summed E-state index contributed by atoms with van der Waals surface area (Å²) in [5.74, 6) is -5.17. The third-order valence-corrected chi connectivity index (χ3v) is 2.67. The van der Waals surface area contributed by atoms with E-state index in [1.807, 2.05) is 0 Å². The quantitative estimate of drug-likeness (QED) is 0.849. The fourth-order valence-corrected chi connectivity index (χ4v) is 1.67. The van der Waals surface area contributed by atoms with Crippen molar-refractivity contribution >= 4 is 11.6 Å². The first-order chi connectivity index (χ1) is 9.51. The van der Waals surface area contributed by atoms with Gasteiger partial charge in [-0.25, -0.2) is 13.2 Å². The van der Waals surface area contributed by atoms with E-state index in [0.29, 0.717) is 24.4 Å². The van der Waals surface area contributed by atoms with Crippen molar-refractivity contribution in [2.45, 2.75) is 6.54 Å². The number of carbonyl (C=O) groups excluding carboxylic acids is 1. The van der Waals surface area contributed by atoms with Gasteiger partial charge in [0, 0.05) is 17.8 Å². The molecule has 0 heterocycles. The molecular formula is C14H11F3N2O. The van der Waals surface area contributed by atoms with Gasteiger partial charge in [-0.1, -0.05) is 12.1 Å². The number of halogens is 3. The van der Waals surface area contributed by atoms with Gasteiger partial charge in [0.15, 0.2) is 17.5 Å². The van der Waals surface area contributed by atoms with Gasteiger partial charge in [0.1, 0.15) is 0 Å². The van der Waals surface area contributed by atoms with Crippen molar-refractivity contribution in [1.82, 2.24) is 0 Å². The third kappa shape index (κ3) is 2.97. The molecule has 3 N–H and O–H groups in total. The smallest absolute Gasteiger partial charge is 0.255 e. The molecule has 2 aromatic carbocycles. The highest BCUT2D eigenvalue weighted by atomic mass is 19.2. The molecule has 0 saturated carbocycles. The second kappa shape index (κ2) is 5.75. The van der Waals surface area contributed by atoms with Gasteiger partial charge in [-0.15, -0.1) is 0 Å². The lowest BCUT2D eigenvalue weighted by Crippen LogP contribution is -2.13. The molecule has 0 spiro atoms. The summed E-state index contributed by atoms with van der Waals surface area (Å²) in [6.45, 7) is 0.295. The normalized spacial score (nSPS) is 10.4. The Bertz CT molecular complexity index is 636. The molecule has 104 valence electrons. The van der Waals surface area contributed by atoms with Crippen LogP contribution in [0, 0.1) is 17.5 Å². The molecule has 3 nitrogen and oxygen atoms in total. The summed E-state index contributed by atoms with van der Waals surface area (Å²) in [4.78, 5) is 11.8. The van der Waals surface area contributed by atoms with E-state index in [0.717, 1.165) is 5.56 Å². The number of nitrogens with two attached hydrogens (primary N) is 1. The molecule has 0 atom stereocenters. The maximum Gasteiger partial charge on any atom is 0.255 e. The van der Waals surface area contributed by atoms with Crippen LogP contribution >= 0.6 is 0 Å². The second-order valence-corrected chi connectivity index (χ2v) is 4.11. The van der Waals surface area contributed by atoms with Gasteiger partial charge >= 0.3 is 0 Å². The molecule has 0 unspecified atom stereocenters. The summed E-state index contributed by atoms with van der Waals surface area (Å²) in [6.07, 6.45) is 0. The van der Waals surface area contributed by atoms with Gasteiger partial charge in [-0.05, 0) is 29.8 Å². The van der Waals surface area contributed by atoms with Crippen LogP contribution < -0.4 is 11.1 Å². The maximum atomic E-state index is 13.0. The number of amides is 1. The summed E-state index contributed by atoms with van der Waals surface area (Å²) >= 11 is 0. The van der Waals surface area contributed by atoms with Gasteiger partial charge in [-0.3, -0.25) is 4.79 Å². The van der Waals surface area contributed by atoms with Crippen LogP contribution in [0.1, 0.15) is 15.9 Å². The van der Waals surface area contributed by atoms with Crippen LogP contribution in [0.4, 0.5) is 18.9 Å². The predicted molar refractivity (Wildman–Crippen MR) is 68.6 cm³/mol. The molecule has 0 fully saturated rings. The van der Waals surface area contributed by atoms with Crippen LogP contribution in [0.3, 0.4) is 0 Å². The topological polar surface area (TPSA) is 55.1 Å². The molecule has 0 aliphatic rings. The largest absolute Gasteiger partial charge is 0.326 e. The van der Waals surface area contributed by atoms with Crippen molar-refractivity contribution in [2.24, 2.45) is 5.73 Å². The van der Waals surface area contributed by atoms with Crippen LogP contribution in [0.5, 0.6) is 0 Å². The Morgan fingerprint density at radius 2 is 1.75 bits per heavy atom. The zero-order valence-electron chi connectivity index (χ0n) is 10.3. The molecule has 0 aliphatic carbocycles. The SMILES string of the molecule is NCc1cccc(NC(=O)c2cc(F)c(F)c(F)c2)c1. The minimum absolute atomic E-state index is 0.295. The predicted octanol–water partition coefficient (Wildman–Crippen LogP) is 2.81. The summed E-state index contributed by atoms with van der Waals surface area (Å²) in [7, 11) is 0. The zero-order valence-corrected chi connectivity index (χ0v) is 10.3. The Balaban J connectivity index is 2.23. The number of anilines is 1. The number of nitrogens with one attached hydrogen (secondary N) is 1. The molecule has 20 heavy (non-hydrogen) atoms. The molecule has 0 saturated heterocycles. The number of hydrogen-bond acceptors (Lipinski definition) is 2. The van der Waals surface area contributed by atoms with Crippen LogP contribution in [-0.4, -0.2) is 5.91 Å². The lowest BCUT2D eigenvalue weighted by Gasteiger charge is -2.07. The third-order valence-electron chi connectivity index (χ3n) is 2.67. The van der Waals surface area contributed by atoms with Crippen molar-refractivity contribution in [3.05, 3.63) is 65.0 Å². The first kappa shape index (κ1) is 14.1. The van der Waals surface area contributed by atoms with E-state index in [-0.39, 0.29) is 5.56 Å². The minimum Gasteiger partial charge on any atom is -0.326 e. The number of hydrogen-bond donors (Lipinski definition) is 2. The Labute approximate surface area is 113 Å². The number of carbonyl (C=O) groups is 1. The monoisotopic (exact) mass is 280 g/mol. The minimum atomic E-state index is -1.60. The fraction of sp³-hybridized carbons (Fsp3) is 0.0714. The highest BCUT2D eigenvalue weighted by Crippen LogP contribution is 2.16. The standard InChI is InChI=1S/C14H11F3N2O/c15-11-5-9(6-12(16)13(11)17)14(20)19-10-3-1-2-8(4-10)7-18/h1-6H,7,18H2,(H,19,20). The van der Waals surface area contributed by atoms with Crippen LogP contribution in [-0.2, 0) is 6.54 Å². The van der Waals surface area contributed by atoms with Crippen molar-refractivity contribution in [1.29, 1.82) is 0 Å². The number of benzene rings is 2. The molecule has 2 rings (SSSR count). The second-order valence-electron chi connectivity index (χ2n) is 4.11. The first-order valence-electron chi connectivity index (χ1n) is 5.76. The van der Waals surface area contributed by atoms with E-state index in [2.05, 4.69) is 5.32 Å². The Morgan fingerprint density at radius 1 is 1.10 bits per heavy atom. The molecule has 1 amide bonds. The van der Waals surface area contributed by atoms with Gasteiger partial charge in [0.05, 0.1) is 0 Å². The van der Waals surface area contributed by atoms with Gasteiger partial charge in [0.25, 0.3) is 5.91 Å². The molecule has 0 aromatic heterocycles. The summed E-state index contributed by atoms with van der Waals surface area (Å²) < 4.78 is 38.9. The average molecular weight is 280 g/mol. The van der Waals surface area contributed by atoms with E-state index >= 15 is 0 Å². The Hall–Kier alpha value is -2.34. The van der Waals surface area contributed by atoms with Crippen LogP contribution in [0.15, 0.2) is 36.4 Å². The van der Waals surface area contributed by atoms with Crippen molar-refractivity contribution in [2.75, 3.05) is 5.32 Å². The number of rotatable bonds is 3. The van der Waals surface area contributed by atoms with E-state index < -0.39 is 23.4 Å². The lowest BCUT2D eigenvalue weighted by molar-refractivity contribution is 0.102. The van der Waals surface area contributed by atoms with E-state index in [4.69, 9.17) is 5.73 Å². The van der Waals surface area contributed by atoms with Crippen molar-refractivity contribution in [3.63, 3.8) is 0 Å². The van der Waals surface area contributed by atoms with E-state index in [1.54, 1.807) is 24.3 Å². The maximum absolute atomic E-state index is 13.0. The average Bonchev–Trinajstić information content (AvgIpc) is 2.44. The summed E-state index contributed by atoms with van der Waals surface area (Å²) in [5.41, 5.74) is 6.38. The summed E-state index contributed by atoms with van der Waals surface area (Å²) in [5, 5.41) is 2.46. The van der Waals surface area contributed by atoms with Crippen LogP contribution in [0.2, 0.25) is 0 Å². The lowest BCUT2D eigenvalue weighted by atomic mass is 10.1. The van der Waals surface area contributed by atoms with Gasteiger partial charge in [0.2, 0.25) is 0 Å². The van der Waals surface area contributed by atoms with Crippen molar-refractivity contribution in [3.8, 4) is 0 Å². The highest BCUT2D eigenvalue weighted by molar-refractivity contribution is 6.04. The van der Waals surface area contributed by atoms with Gasteiger partial charge in [-0.2, -0.15) is 0 Å². The molecule has 0 aliphatic heterocycles. The molecular weight excluding hydrogens is 269 g/mol. The molecule has 6 heteroatoms. The molecule has 0 bridgehead atoms. The Morgan fingerprint density at radius 3 is 2.35 bits per heavy atom. The summed E-state index contributed by atoms with van der Waals surface area (Å²) in [6, 6.07) is 7.97. The first-order valence-corrected chi connectivity index (χ1v) is 5.76. The Kier molecular flexibility index (Phi) is 4.05. The molecule has 0 radical (unpaired) electrons. The highest BCUT2D eigenvalue weighted by Gasteiger charge is 2.15. The fourth-order valence-electron chi connectivity index (χ4n) is 1.67. The zero-order chi connectivity index (χ0) is 14.7. The van der Waals surface area contributed by atoms with E-state index in [9.17, 15) is 18.0 Å². The van der Waals surface area contributed by atoms with Gasteiger partial charge < -0.3 is 11.1 Å². The van der Waals surface area contributed by atoms with E-state index in [1.165, 1.54) is 0 Å². The molecule has 2 aromatic rings.